The van der Waals surface area contributed by atoms with E-state index in [2.05, 4.69) is 35.3 Å². The molecule has 0 bridgehead atoms. The number of carbonyl (C=O) groups excluding carboxylic acids is 1. The molecule has 0 radical (unpaired) electrons. The molecule has 0 saturated heterocycles. The zero-order chi connectivity index (χ0) is 16.2. The fourth-order valence-corrected chi connectivity index (χ4v) is 3.83. The molecule has 1 atom stereocenters. The van der Waals surface area contributed by atoms with Crippen LogP contribution in [0, 0.1) is 11.3 Å². The lowest BCUT2D eigenvalue weighted by atomic mass is 10.2. The molecule has 0 saturated carbocycles. The number of carbonyl (C=O) groups is 1. The smallest absolute Gasteiger partial charge is 0.243 e. The van der Waals surface area contributed by atoms with Crippen molar-refractivity contribution in [1.29, 1.82) is 5.26 Å². The van der Waals surface area contributed by atoms with Gasteiger partial charge in [0.1, 0.15) is 0 Å². The third kappa shape index (κ3) is 3.66. The summed E-state index contributed by atoms with van der Waals surface area (Å²) in [6.07, 6.45) is 0. The first-order valence-corrected chi connectivity index (χ1v) is 8.34. The van der Waals surface area contributed by atoms with E-state index >= 15 is 0 Å². The highest BCUT2D eigenvalue weighted by atomic mass is 32.2. The molecular weight excluding hydrogens is 306 g/mol. The second-order valence-corrected chi connectivity index (χ2v) is 7.00. The Morgan fingerprint density at radius 2 is 2.17 bits per heavy atom. The Hall–Kier alpha value is -2.45. The van der Waals surface area contributed by atoms with Gasteiger partial charge in [0, 0.05) is 22.4 Å². The van der Waals surface area contributed by atoms with Gasteiger partial charge in [-0.3, -0.25) is 4.79 Å². The Morgan fingerprint density at radius 1 is 1.35 bits per heavy atom. The van der Waals surface area contributed by atoms with Crippen LogP contribution >= 0.6 is 11.8 Å². The van der Waals surface area contributed by atoms with E-state index in [1.165, 1.54) is 4.90 Å². The van der Waals surface area contributed by atoms with E-state index in [1.54, 1.807) is 24.3 Å². The van der Waals surface area contributed by atoms with Crippen LogP contribution in [0.15, 0.2) is 53.4 Å². The van der Waals surface area contributed by atoms with Crippen LogP contribution in [0.1, 0.15) is 12.5 Å². The second kappa shape index (κ2) is 6.76. The number of nitriles is 1. The van der Waals surface area contributed by atoms with E-state index in [4.69, 9.17) is 5.26 Å². The minimum absolute atomic E-state index is 0.0750. The standard InChI is InChI=1S/C18H17N3OS/c1-13-11-21(16-7-2-3-8-17(16)23-13)12-18(22)20-15-6-4-5-14(9-15)10-19/h2-9,13H,11-12H2,1H3,(H,20,22)/t13-/m1/s1. The van der Waals surface area contributed by atoms with Crippen molar-refractivity contribution >= 4 is 29.0 Å². The number of nitrogens with zero attached hydrogens (tertiary/aromatic N) is 2. The molecule has 4 nitrogen and oxygen atoms in total. The molecule has 2 aromatic rings. The molecule has 1 N–H and O–H groups in total. The van der Waals surface area contributed by atoms with Crippen molar-refractivity contribution in [3.8, 4) is 6.07 Å². The first-order valence-electron chi connectivity index (χ1n) is 7.46. The summed E-state index contributed by atoms with van der Waals surface area (Å²) < 4.78 is 0. The highest BCUT2D eigenvalue weighted by molar-refractivity contribution is 8.00. The number of rotatable bonds is 3. The third-order valence-electron chi connectivity index (χ3n) is 3.62. The van der Waals surface area contributed by atoms with Crippen molar-refractivity contribution in [1.82, 2.24) is 0 Å². The molecule has 1 heterocycles. The molecule has 0 aliphatic carbocycles. The van der Waals surface area contributed by atoms with Crippen molar-refractivity contribution < 1.29 is 4.79 Å². The van der Waals surface area contributed by atoms with Gasteiger partial charge in [0.15, 0.2) is 0 Å². The van der Waals surface area contributed by atoms with E-state index < -0.39 is 0 Å². The van der Waals surface area contributed by atoms with Crippen molar-refractivity contribution in [2.24, 2.45) is 0 Å². The number of hydrogen-bond acceptors (Lipinski definition) is 4. The van der Waals surface area contributed by atoms with Crippen LogP contribution < -0.4 is 10.2 Å². The summed E-state index contributed by atoms with van der Waals surface area (Å²) in [6, 6.07) is 17.2. The van der Waals surface area contributed by atoms with Gasteiger partial charge in [-0.15, -0.1) is 11.8 Å². The summed E-state index contributed by atoms with van der Waals surface area (Å²) in [5.41, 5.74) is 2.30. The van der Waals surface area contributed by atoms with Crippen molar-refractivity contribution in [2.45, 2.75) is 17.1 Å². The molecule has 0 spiro atoms. The van der Waals surface area contributed by atoms with Gasteiger partial charge in [-0.25, -0.2) is 0 Å². The van der Waals surface area contributed by atoms with E-state index in [1.807, 2.05) is 23.9 Å². The summed E-state index contributed by atoms with van der Waals surface area (Å²) in [5.74, 6) is -0.0750. The van der Waals surface area contributed by atoms with Gasteiger partial charge < -0.3 is 10.2 Å². The van der Waals surface area contributed by atoms with Gasteiger partial charge in [0.2, 0.25) is 5.91 Å². The van der Waals surface area contributed by atoms with Crippen LogP contribution in [0.5, 0.6) is 0 Å². The zero-order valence-electron chi connectivity index (χ0n) is 12.8. The summed E-state index contributed by atoms with van der Waals surface area (Å²) in [5, 5.41) is 12.2. The SMILES string of the molecule is C[C@@H]1CN(CC(=O)Nc2cccc(C#N)c2)c2ccccc2S1. The number of para-hydroxylation sites is 1. The number of amides is 1. The third-order valence-corrected chi connectivity index (χ3v) is 4.77. The van der Waals surface area contributed by atoms with Crippen molar-refractivity contribution in [3.63, 3.8) is 0 Å². The second-order valence-electron chi connectivity index (χ2n) is 5.52. The molecule has 0 aromatic heterocycles. The van der Waals surface area contributed by atoms with E-state index in [9.17, 15) is 4.79 Å². The Labute approximate surface area is 140 Å². The van der Waals surface area contributed by atoms with Crippen molar-refractivity contribution in [2.75, 3.05) is 23.3 Å². The average Bonchev–Trinajstić information content (AvgIpc) is 2.54. The molecule has 0 fully saturated rings. The molecule has 1 aliphatic rings. The quantitative estimate of drug-likeness (QED) is 0.939. The van der Waals surface area contributed by atoms with Crippen LogP contribution in [0.25, 0.3) is 0 Å². The van der Waals surface area contributed by atoms with Gasteiger partial charge in [-0.1, -0.05) is 25.1 Å². The van der Waals surface area contributed by atoms with E-state index in [0.29, 0.717) is 23.0 Å². The lowest BCUT2D eigenvalue weighted by Crippen LogP contribution is -2.39. The Bertz CT molecular complexity index is 769. The summed E-state index contributed by atoms with van der Waals surface area (Å²) in [6.45, 7) is 3.31. The maximum Gasteiger partial charge on any atom is 0.243 e. The first-order chi connectivity index (χ1) is 11.2. The molecule has 1 amide bonds. The molecule has 0 unspecified atom stereocenters. The maximum atomic E-state index is 12.4. The van der Waals surface area contributed by atoms with E-state index in [0.717, 1.165) is 12.2 Å². The number of nitrogens with one attached hydrogen (secondary N) is 1. The van der Waals surface area contributed by atoms with Gasteiger partial charge in [0.05, 0.1) is 23.9 Å². The Balaban J connectivity index is 1.72. The topological polar surface area (TPSA) is 56.1 Å². The predicted molar refractivity (Wildman–Crippen MR) is 93.8 cm³/mol. The molecule has 2 aromatic carbocycles. The number of anilines is 2. The van der Waals surface area contributed by atoms with Crippen LogP contribution in [0.2, 0.25) is 0 Å². The Morgan fingerprint density at radius 3 is 3.00 bits per heavy atom. The predicted octanol–water partition coefficient (Wildman–Crippen LogP) is 3.50. The molecule has 1 aliphatic heterocycles. The molecule has 23 heavy (non-hydrogen) atoms. The maximum absolute atomic E-state index is 12.4. The van der Waals surface area contributed by atoms with Crippen LogP contribution in [0.4, 0.5) is 11.4 Å². The van der Waals surface area contributed by atoms with E-state index in [-0.39, 0.29) is 5.91 Å². The summed E-state index contributed by atoms with van der Waals surface area (Å²) >= 11 is 1.84. The number of fused-ring (bicyclic) bond motifs is 1. The van der Waals surface area contributed by atoms with Gasteiger partial charge in [-0.2, -0.15) is 5.26 Å². The minimum atomic E-state index is -0.0750. The van der Waals surface area contributed by atoms with Gasteiger partial charge in [-0.05, 0) is 30.3 Å². The normalized spacial score (nSPS) is 16.3. The Kier molecular flexibility index (Phi) is 4.54. The molecule has 3 rings (SSSR count). The number of thioether (sulfide) groups is 1. The van der Waals surface area contributed by atoms with Crippen molar-refractivity contribution in [3.05, 3.63) is 54.1 Å². The molecular formula is C18H17N3OS. The minimum Gasteiger partial charge on any atom is -0.360 e. The fourth-order valence-electron chi connectivity index (χ4n) is 2.67. The number of hydrogen-bond donors (Lipinski definition) is 1. The van der Waals surface area contributed by atoms with Gasteiger partial charge >= 0.3 is 0 Å². The average molecular weight is 323 g/mol. The summed E-state index contributed by atoms with van der Waals surface area (Å²) in [4.78, 5) is 15.7. The van der Waals surface area contributed by atoms with Gasteiger partial charge in [0.25, 0.3) is 0 Å². The number of benzene rings is 2. The highest BCUT2D eigenvalue weighted by Crippen LogP contribution is 2.37. The first kappa shape index (κ1) is 15.4. The molecule has 116 valence electrons. The zero-order valence-corrected chi connectivity index (χ0v) is 13.6. The monoisotopic (exact) mass is 323 g/mol. The molecule has 5 heteroatoms. The van der Waals surface area contributed by atoms with Crippen LogP contribution in [0.3, 0.4) is 0 Å². The largest absolute Gasteiger partial charge is 0.360 e. The lowest BCUT2D eigenvalue weighted by Gasteiger charge is -2.33. The van der Waals surface area contributed by atoms with Crippen LogP contribution in [-0.2, 0) is 4.79 Å². The van der Waals surface area contributed by atoms with Crippen LogP contribution in [-0.4, -0.2) is 24.2 Å². The highest BCUT2D eigenvalue weighted by Gasteiger charge is 2.23. The lowest BCUT2D eigenvalue weighted by molar-refractivity contribution is -0.115. The fraction of sp³-hybridized carbons (Fsp3) is 0.222. The summed E-state index contributed by atoms with van der Waals surface area (Å²) in [7, 11) is 0.